The number of ether oxygens (including phenoxy) is 1. The van der Waals surface area contributed by atoms with Crippen LogP contribution in [-0.4, -0.2) is 29.9 Å². The van der Waals surface area contributed by atoms with Gasteiger partial charge in [-0.25, -0.2) is 5.43 Å². The Hall–Kier alpha value is -3.58. The molecule has 0 aliphatic rings. The third-order valence-electron chi connectivity index (χ3n) is 4.40. The summed E-state index contributed by atoms with van der Waals surface area (Å²) in [5, 5.41) is 6.57. The van der Waals surface area contributed by atoms with Gasteiger partial charge in [-0.15, -0.1) is 11.8 Å². The first-order valence-corrected chi connectivity index (χ1v) is 11.1. The number of hydrogen-bond donors (Lipinski definition) is 2. The molecule has 0 saturated heterocycles. The minimum absolute atomic E-state index is 0.0622. The first-order valence-electron chi connectivity index (χ1n) is 10.2. The average molecular weight is 448 g/mol. The summed E-state index contributed by atoms with van der Waals surface area (Å²) in [5.41, 5.74) is 4.39. The Balaban J connectivity index is 1.38. The van der Waals surface area contributed by atoms with Crippen LogP contribution in [0.3, 0.4) is 0 Å². The van der Waals surface area contributed by atoms with Crippen molar-refractivity contribution in [2.75, 3.05) is 6.61 Å². The largest absolute Gasteiger partial charge is 0.484 e. The van der Waals surface area contributed by atoms with Crippen LogP contribution in [-0.2, 0) is 16.1 Å². The Morgan fingerprint density at radius 2 is 1.62 bits per heavy atom. The van der Waals surface area contributed by atoms with Gasteiger partial charge in [0.25, 0.3) is 11.8 Å². The molecule has 0 aliphatic carbocycles. The fraction of sp³-hybridized carbons (Fsp3) is 0.160. The van der Waals surface area contributed by atoms with Crippen LogP contribution in [0.5, 0.6) is 5.75 Å². The number of carbonyl (C=O) groups is 2. The van der Waals surface area contributed by atoms with Crippen LogP contribution in [0.2, 0.25) is 0 Å². The van der Waals surface area contributed by atoms with Crippen molar-refractivity contribution in [2.45, 2.75) is 23.6 Å². The Morgan fingerprint density at radius 3 is 2.31 bits per heavy atom. The second-order valence-electron chi connectivity index (χ2n) is 6.93. The molecule has 0 heterocycles. The lowest BCUT2D eigenvalue weighted by Gasteiger charge is -2.09. The molecule has 0 bridgehead atoms. The van der Waals surface area contributed by atoms with E-state index in [1.165, 1.54) is 11.8 Å². The summed E-state index contributed by atoms with van der Waals surface area (Å²) in [5.74, 6) is 0.218. The van der Waals surface area contributed by atoms with Gasteiger partial charge in [-0.2, -0.15) is 5.10 Å². The first-order chi connectivity index (χ1) is 15.6. The van der Waals surface area contributed by atoms with E-state index >= 15 is 0 Å². The Labute approximate surface area is 192 Å². The summed E-state index contributed by atoms with van der Waals surface area (Å²) < 4.78 is 5.51. The third kappa shape index (κ3) is 7.92. The van der Waals surface area contributed by atoms with Crippen LogP contribution in [0.4, 0.5) is 0 Å². The predicted octanol–water partition coefficient (Wildman–Crippen LogP) is 4.01. The van der Waals surface area contributed by atoms with E-state index in [0.717, 1.165) is 16.0 Å². The number of thioether (sulfide) groups is 1. The van der Waals surface area contributed by atoms with Gasteiger partial charge in [-0.1, -0.05) is 48.5 Å². The lowest BCUT2D eigenvalue weighted by molar-refractivity contribution is -0.123. The van der Waals surface area contributed by atoms with Gasteiger partial charge in [0.05, 0.1) is 11.5 Å². The molecule has 0 aliphatic heterocycles. The third-order valence-corrected chi connectivity index (χ3v) is 5.51. The highest BCUT2D eigenvalue weighted by atomic mass is 32.2. The van der Waals surface area contributed by atoms with Crippen molar-refractivity contribution >= 4 is 29.8 Å². The summed E-state index contributed by atoms with van der Waals surface area (Å²) in [6, 6.07) is 26.6. The molecular weight excluding hydrogens is 422 g/mol. The van der Waals surface area contributed by atoms with E-state index in [1.54, 1.807) is 30.5 Å². The number of nitrogens with one attached hydrogen (secondary N) is 2. The molecular formula is C25H25N3O3S. The van der Waals surface area contributed by atoms with Gasteiger partial charge in [-0.05, 0) is 54.4 Å². The molecule has 0 radical (unpaired) electrons. The van der Waals surface area contributed by atoms with Gasteiger partial charge in [0, 0.05) is 11.4 Å². The van der Waals surface area contributed by atoms with E-state index < -0.39 is 0 Å². The maximum Gasteiger partial charge on any atom is 0.258 e. The fourth-order valence-electron chi connectivity index (χ4n) is 2.66. The molecule has 32 heavy (non-hydrogen) atoms. The van der Waals surface area contributed by atoms with Gasteiger partial charge in [-0.3, -0.25) is 9.59 Å². The Kier molecular flexibility index (Phi) is 8.89. The van der Waals surface area contributed by atoms with Gasteiger partial charge in [0.2, 0.25) is 0 Å². The zero-order chi connectivity index (χ0) is 22.6. The summed E-state index contributed by atoms with van der Waals surface area (Å²) >= 11 is 1.47. The quantitative estimate of drug-likeness (QED) is 0.280. The normalized spacial score (nSPS) is 11.7. The minimum Gasteiger partial charge on any atom is -0.484 e. The monoisotopic (exact) mass is 447 g/mol. The fourth-order valence-corrected chi connectivity index (χ4v) is 3.55. The van der Waals surface area contributed by atoms with Gasteiger partial charge in [0.1, 0.15) is 5.75 Å². The second kappa shape index (κ2) is 12.3. The molecule has 7 heteroatoms. The van der Waals surface area contributed by atoms with Crippen molar-refractivity contribution in [3.63, 3.8) is 0 Å². The van der Waals surface area contributed by atoms with Crippen molar-refractivity contribution in [2.24, 2.45) is 5.10 Å². The topological polar surface area (TPSA) is 79.8 Å². The highest BCUT2D eigenvalue weighted by molar-refractivity contribution is 8.00. The van der Waals surface area contributed by atoms with Crippen molar-refractivity contribution < 1.29 is 14.3 Å². The van der Waals surface area contributed by atoms with Crippen LogP contribution in [0, 0.1) is 0 Å². The van der Waals surface area contributed by atoms with Crippen LogP contribution in [0.15, 0.2) is 94.9 Å². The molecule has 3 rings (SSSR count). The van der Waals surface area contributed by atoms with Crippen LogP contribution in [0.1, 0.15) is 18.1 Å². The van der Waals surface area contributed by atoms with E-state index in [1.807, 2.05) is 67.6 Å². The predicted molar refractivity (Wildman–Crippen MR) is 128 cm³/mol. The first kappa shape index (κ1) is 23.1. The molecule has 0 spiro atoms. The van der Waals surface area contributed by atoms with Crippen LogP contribution in [0.25, 0.3) is 0 Å². The molecule has 164 valence electrons. The number of amides is 2. The minimum atomic E-state index is -0.265. The number of nitrogens with zero attached hydrogens (tertiary/aromatic N) is 1. The summed E-state index contributed by atoms with van der Waals surface area (Å²) in [7, 11) is 0. The molecule has 2 amide bonds. The molecule has 0 aromatic heterocycles. The lowest BCUT2D eigenvalue weighted by Crippen LogP contribution is -2.28. The Bertz CT molecular complexity index is 1030. The van der Waals surface area contributed by atoms with E-state index in [0.29, 0.717) is 12.3 Å². The van der Waals surface area contributed by atoms with Crippen LogP contribution < -0.4 is 15.5 Å². The van der Waals surface area contributed by atoms with Crippen LogP contribution >= 0.6 is 11.8 Å². The zero-order valence-corrected chi connectivity index (χ0v) is 18.5. The molecule has 3 aromatic carbocycles. The van der Waals surface area contributed by atoms with E-state index in [-0.39, 0.29) is 23.7 Å². The van der Waals surface area contributed by atoms with E-state index in [9.17, 15) is 9.59 Å². The average Bonchev–Trinajstić information content (AvgIpc) is 2.83. The van der Waals surface area contributed by atoms with Crippen molar-refractivity contribution in [3.8, 4) is 5.75 Å². The molecule has 0 saturated carbocycles. The zero-order valence-electron chi connectivity index (χ0n) is 17.7. The molecule has 2 N–H and O–H groups in total. The van der Waals surface area contributed by atoms with Crippen molar-refractivity contribution in [1.82, 2.24) is 10.7 Å². The van der Waals surface area contributed by atoms with E-state index in [2.05, 4.69) is 15.8 Å². The Morgan fingerprint density at radius 1 is 0.969 bits per heavy atom. The number of hydrazone groups is 1. The number of hydrogen-bond acceptors (Lipinski definition) is 5. The molecule has 3 aromatic rings. The smallest absolute Gasteiger partial charge is 0.258 e. The van der Waals surface area contributed by atoms with Gasteiger partial charge in [0.15, 0.2) is 6.61 Å². The molecule has 1 atom stereocenters. The number of rotatable bonds is 10. The lowest BCUT2D eigenvalue weighted by atomic mass is 10.2. The molecule has 6 nitrogen and oxygen atoms in total. The van der Waals surface area contributed by atoms with Gasteiger partial charge >= 0.3 is 0 Å². The maximum absolute atomic E-state index is 12.2. The van der Waals surface area contributed by atoms with Gasteiger partial charge < -0.3 is 10.1 Å². The van der Waals surface area contributed by atoms with Crippen molar-refractivity contribution in [1.29, 1.82) is 0 Å². The SMILES string of the molecule is C[C@@H](Sc1ccccc1)C(=O)N/N=C\c1ccc(OCC(=O)NCc2ccccc2)cc1. The number of benzene rings is 3. The summed E-state index contributed by atoms with van der Waals surface area (Å²) in [6.45, 7) is 2.24. The highest BCUT2D eigenvalue weighted by Crippen LogP contribution is 2.22. The second-order valence-corrected chi connectivity index (χ2v) is 8.34. The standard InChI is InChI=1S/C25H25N3O3S/c1-19(32-23-10-6-3-7-11-23)25(30)28-27-17-21-12-14-22(15-13-21)31-18-24(29)26-16-20-8-4-2-5-9-20/h2-15,17,19H,16,18H2,1H3,(H,26,29)(H,28,30)/b27-17-/t19-/m1/s1. The van der Waals surface area contributed by atoms with Crippen molar-refractivity contribution in [3.05, 3.63) is 96.1 Å². The number of carbonyl (C=O) groups excluding carboxylic acids is 2. The highest BCUT2D eigenvalue weighted by Gasteiger charge is 2.13. The molecule has 0 fully saturated rings. The maximum atomic E-state index is 12.2. The van der Waals surface area contributed by atoms with E-state index in [4.69, 9.17) is 4.74 Å². The summed E-state index contributed by atoms with van der Waals surface area (Å²) in [4.78, 5) is 25.1. The summed E-state index contributed by atoms with van der Waals surface area (Å²) in [6.07, 6.45) is 1.56. The molecule has 0 unspecified atom stereocenters.